The number of carbonyl (C=O) groups excluding carboxylic acids is 1. The zero-order valence-electron chi connectivity index (χ0n) is 13.7. The Balaban J connectivity index is 1.69. The molecule has 0 radical (unpaired) electrons. The molecule has 8 heteroatoms. The molecule has 24 heavy (non-hydrogen) atoms. The number of amides is 1. The van der Waals surface area contributed by atoms with Gasteiger partial charge >= 0.3 is 0 Å². The molecule has 2 aliphatic rings. The number of halogens is 1. The first-order chi connectivity index (χ1) is 11.3. The van der Waals surface area contributed by atoms with E-state index in [9.17, 15) is 17.6 Å². The molecule has 2 heterocycles. The van der Waals surface area contributed by atoms with E-state index >= 15 is 0 Å². The van der Waals surface area contributed by atoms with Gasteiger partial charge in [-0.3, -0.25) is 9.69 Å². The summed E-state index contributed by atoms with van der Waals surface area (Å²) < 4.78 is 37.9. The fourth-order valence-electron chi connectivity index (χ4n) is 3.37. The molecule has 0 bridgehead atoms. The highest BCUT2D eigenvalue weighted by molar-refractivity contribution is 7.88. The zero-order chi connectivity index (χ0) is 17.3. The summed E-state index contributed by atoms with van der Waals surface area (Å²) in [7, 11) is -3.23. The van der Waals surface area contributed by atoms with E-state index in [2.05, 4.69) is 4.90 Å². The summed E-state index contributed by atoms with van der Waals surface area (Å²) in [6.07, 6.45) is 1.71. The first-order valence-electron chi connectivity index (χ1n) is 8.07. The number of fused-ring (bicyclic) bond motifs is 1. The minimum Gasteiger partial charge on any atom is -0.336 e. The predicted octanol–water partition coefficient (Wildman–Crippen LogP) is 0.504. The molecule has 0 aromatic heterocycles. The Bertz CT molecular complexity index is 708. The third-order valence-electron chi connectivity index (χ3n) is 4.74. The summed E-state index contributed by atoms with van der Waals surface area (Å²) in [6.45, 7) is 3.17. The second-order valence-corrected chi connectivity index (χ2v) is 8.37. The van der Waals surface area contributed by atoms with Crippen molar-refractivity contribution in [3.05, 3.63) is 35.6 Å². The van der Waals surface area contributed by atoms with Gasteiger partial charge in [-0.25, -0.2) is 17.1 Å². The molecule has 2 saturated heterocycles. The molecule has 1 aromatic carbocycles. The lowest BCUT2D eigenvalue weighted by Gasteiger charge is -2.39. The van der Waals surface area contributed by atoms with Crippen LogP contribution in [0.5, 0.6) is 0 Å². The molecule has 0 saturated carbocycles. The van der Waals surface area contributed by atoms with E-state index in [-0.39, 0.29) is 17.8 Å². The number of sulfonamides is 1. The van der Waals surface area contributed by atoms with Crippen molar-refractivity contribution in [2.24, 2.45) is 0 Å². The smallest absolute Gasteiger partial charge is 0.240 e. The third kappa shape index (κ3) is 3.76. The largest absolute Gasteiger partial charge is 0.336 e. The van der Waals surface area contributed by atoms with Crippen LogP contribution in [0, 0.1) is 5.82 Å². The Morgan fingerprint density at radius 1 is 1.08 bits per heavy atom. The summed E-state index contributed by atoms with van der Waals surface area (Å²) in [6, 6.07) is 5.89. The van der Waals surface area contributed by atoms with Crippen LogP contribution >= 0.6 is 0 Å². The zero-order valence-corrected chi connectivity index (χ0v) is 14.5. The molecule has 6 nitrogen and oxygen atoms in total. The average Bonchev–Trinajstić information content (AvgIpc) is 2.75. The summed E-state index contributed by atoms with van der Waals surface area (Å²) in [4.78, 5) is 16.6. The maximum atomic E-state index is 13.0. The Kier molecular flexibility index (Phi) is 4.89. The lowest BCUT2D eigenvalue weighted by molar-refractivity contribution is -0.142. The minimum atomic E-state index is -3.23. The van der Waals surface area contributed by atoms with Gasteiger partial charge in [-0.05, 0) is 24.1 Å². The van der Waals surface area contributed by atoms with Crippen LogP contribution in [0.25, 0.3) is 0 Å². The van der Waals surface area contributed by atoms with E-state index in [0.717, 1.165) is 12.1 Å². The number of carbonyl (C=O) groups is 1. The molecule has 0 spiro atoms. The molecule has 2 fully saturated rings. The number of benzene rings is 1. The Labute approximate surface area is 141 Å². The quantitative estimate of drug-likeness (QED) is 0.792. The molecular weight excluding hydrogens is 333 g/mol. The van der Waals surface area contributed by atoms with Crippen LogP contribution in [0.1, 0.15) is 12.0 Å². The van der Waals surface area contributed by atoms with Crippen LogP contribution in [-0.2, 0) is 21.4 Å². The fraction of sp³-hybridized carbons (Fsp3) is 0.562. The standard InChI is InChI=1S/C16H22FN3O3S/c1-24(22,23)20-7-6-15-16(21)19(9-8-18(15)10-11-20)12-13-2-4-14(17)5-3-13/h2-5,15H,6-12H2,1H3. The molecule has 1 atom stereocenters. The van der Waals surface area contributed by atoms with Gasteiger partial charge < -0.3 is 4.90 Å². The maximum Gasteiger partial charge on any atom is 0.240 e. The molecule has 3 rings (SSSR count). The molecule has 132 valence electrons. The van der Waals surface area contributed by atoms with Crippen molar-refractivity contribution in [2.75, 3.05) is 39.0 Å². The Morgan fingerprint density at radius 3 is 2.42 bits per heavy atom. The summed E-state index contributed by atoms with van der Waals surface area (Å²) in [5.41, 5.74) is 0.893. The molecule has 1 unspecified atom stereocenters. The monoisotopic (exact) mass is 355 g/mol. The Hall–Kier alpha value is -1.51. The number of hydrogen-bond acceptors (Lipinski definition) is 4. The summed E-state index contributed by atoms with van der Waals surface area (Å²) in [5.74, 6) is -0.263. The lowest BCUT2D eigenvalue weighted by Crippen LogP contribution is -2.56. The van der Waals surface area contributed by atoms with Crippen molar-refractivity contribution in [1.29, 1.82) is 0 Å². The summed E-state index contributed by atoms with van der Waals surface area (Å²) in [5, 5.41) is 0. The number of rotatable bonds is 3. The van der Waals surface area contributed by atoms with Crippen LogP contribution in [0.15, 0.2) is 24.3 Å². The van der Waals surface area contributed by atoms with E-state index in [1.54, 1.807) is 17.0 Å². The normalized spacial score (nSPS) is 23.8. The molecule has 0 N–H and O–H groups in total. The first-order valence-corrected chi connectivity index (χ1v) is 9.92. The van der Waals surface area contributed by atoms with Crippen LogP contribution in [-0.4, -0.2) is 73.5 Å². The second kappa shape index (κ2) is 6.78. The van der Waals surface area contributed by atoms with Gasteiger partial charge in [0, 0.05) is 39.3 Å². The van der Waals surface area contributed by atoms with E-state index < -0.39 is 10.0 Å². The molecule has 1 amide bonds. The second-order valence-electron chi connectivity index (χ2n) is 6.39. The van der Waals surface area contributed by atoms with Crippen molar-refractivity contribution < 1.29 is 17.6 Å². The SMILES string of the molecule is CS(=O)(=O)N1CCC2C(=O)N(Cc3ccc(F)cc3)CCN2CC1. The van der Waals surface area contributed by atoms with E-state index in [1.807, 2.05) is 0 Å². The van der Waals surface area contributed by atoms with E-state index in [0.29, 0.717) is 39.1 Å². The van der Waals surface area contributed by atoms with Crippen LogP contribution in [0.4, 0.5) is 4.39 Å². The topological polar surface area (TPSA) is 60.9 Å². The van der Waals surface area contributed by atoms with Crippen molar-refractivity contribution in [1.82, 2.24) is 14.1 Å². The molecular formula is C16H22FN3O3S. The van der Waals surface area contributed by atoms with E-state index in [4.69, 9.17) is 0 Å². The molecule has 0 aliphatic carbocycles. The highest BCUT2D eigenvalue weighted by Crippen LogP contribution is 2.21. The van der Waals surface area contributed by atoms with Gasteiger partial charge in [-0.1, -0.05) is 12.1 Å². The highest BCUT2D eigenvalue weighted by atomic mass is 32.2. The number of nitrogens with zero attached hydrogens (tertiary/aromatic N) is 3. The van der Waals surface area contributed by atoms with Crippen molar-refractivity contribution >= 4 is 15.9 Å². The average molecular weight is 355 g/mol. The predicted molar refractivity (Wildman–Crippen MR) is 88.2 cm³/mol. The highest BCUT2D eigenvalue weighted by Gasteiger charge is 2.37. The maximum absolute atomic E-state index is 13.0. The molecule has 1 aromatic rings. The third-order valence-corrected chi connectivity index (χ3v) is 6.04. The van der Waals surface area contributed by atoms with Crippen molar-refractivity contribution in [2.45, 2.75) is 19.0 Å². The van der Waals surface area contributed by atoms with Crippen molar-refractivity contribution in [3.63, 3.8) is 0 Å². The van der Waals surface area contributed by atoms with Gasteiger partial charge in [0.05, 0.1) is 12.3 Å². The van der Waals surface area contributed by atoms with Gasteiger partial charge in [0.1, 0.15) is 5.82 Å². The van der Waals surface area contributed by atoms with Gasteiger partial charge in [0.2, 0.25) is 15.9 Å². The fourth-order valence-corrected chi connectivity index (χ4v) is 4.22. The van der Waals surface area contributed by atoms with E-state index in [1.165, 1.54) is 22.7 Å². The van der Waals surface area contributed by atoms with Crippen LogP contribution in [0.3, 0.4) is 0 Å². The number of hydrogen-bond donors (Lipinski definition) is 0. The number of piperazine rings is 1. The summed E-state index contributed by atoms with van der Waals surface area (Å²) >= 11 is 0. The first kappa shape index (κ1) is 17.3. The van der Waals surface area contributed by atoms with Gasteiger partial charge in [-0.15, -0.1) is 0 Å². The van der Waals surface area contributed by atoms with Gasteiger partial charge in [0.25, 0.3) is 0 Å². The minimum absolute atomic E-state index is 0.0286. The van der Waals surface area contributed by atoms with Gasteiger partial charge in [0.15, 0.2) is 0 Å². The molecule has 2 aliphatic heterocycles. The van der Waals surface area contributed by atoms with Crippen molar-refractivity contribution in [3.8, 4) is 0 Å². The lowest BCUT2D eigenvalue weighted by atomic mass is 10.1. The Morgan fingerprint density at radius 2 is 1.75 bits per heavy atom. The van der Waals surface area contributed by atoms with Crippen LogP contribution < -0.4 is 0 Å². The van der Waals surface area contributed by atoms with Gasteiger partial charge in [-0.2, -0.15) is 0 Å². The van der Waals surface area contributed by atoms with Crippen LogP contribution in [0.2, 0.25) is 0 Å².